The number of nitrogens with one attached hydrogen (secondary N) is 2. The van der Waals surface area contributed by atoms with E-state index >= 15 is 0 Å². The Labute approximate surface area is 199 Å². The lowest BCUT2D eigenvalue weighted by molar-refractivity contribution is 0.0702. The van der Waals surface area contributed by atoms with E-state index in [9.17, 15) is 14.4 Å². The van der Waals surface area contributed by atoms with Gasteiger partial charge in [-0.1, -0.05) is 12.1 Å². The van der Waals surface area contributed by atoms with Crippen LogP contribution in [0.3, 0.4) is 0 Å². The number of para-hydroxylation sites is 2. The lowest BCUT2D eigenvalue weighted by Gasteiger charge is -2.32. The first kappa shape index (κ1) is 23.7. The Morgan fingerprint density at radius 3 is 2.53 bits per heavy atom. The summed E-state index contributed by atoms with van der Waals surface area (Å²) < 4.78 is 1.76. The third kappa shape index (κ3) is 4.90. The molecule has 1 atom stereocenters. The molecule has 1 saturated heterocycles. The largest absolute Gasteiger partial charge is 0.350 e. The van der Waals surface area contributed by atoms with Gasteiger partial charge in [0.15, 0.2) is 0 Å². The number of likely N-dealkylation sites (tertiary alicyclic amines) is 1. The lowest BCUT2D eigenvalue weighted by Crippen LogP contribution is -2.45. The van der Waals surface area contributed by atoms with Crippen LogP contribution in [0.4, 0.5) is 0 Å². The number of fused-ring (bicyclic) bond motifs is 1. The van der Waals surface area contributed by atoms with Crippen molar-refractivity contribution >= 4 is 22.8 Å². The van der Waals surface area contributed by atoms with E-state index in [1.165, 1.54) is 6.20 Å². The Hall–Kier alpha value is -3.42. The lowest BCUT2D eigenvalue weighted by atomic mass is 9.96. The van der Waals surface area contributed by atoms with Crippen LogP contribution in [0.15, 0.2) is 41.5 Å². The van der Waals surface area contributed by atoms with Crippen LogP contribution < -0.4 is 10.7 Å². The van der Waals surface area contributed by atoms with Crippen LogP contribution in [0.5, 0.6) is 0 Å². The highest BCUT2D eigenvalue weighted by Crippen LogP contribution is 2.27. The third-order valence-electron chi connectivity index (χ3n) is 6.11. The van der Waals surface area contributed by atoms with Gasteiger partial charge < -0.3 is 19.8 Å². The Morgan fingerprint density at radius 1 is 1.15 bits per heavy atom. The zero-order chi connectivity index (χ0) is 24.6. The molecular formula is C26H33N5O3. The second-order valence-electron chi connectivity index (χ2n) is 10.4. The number of aromatic amines is 1. The van der Waals surface area contributed by atoms with Crippen molar-refractivity contribution in [2.45, 2.75) is 65.0 Å². The van der Waals surface area contributed by atoms with Gasteiger partial charge >= 0.3 is 0 Å². The second-order valence-corrected chi connectivity index (χ2v) is 10.4. The number of rotatable bonds is 4. The van der Waals surface area contributed by atoms with Crippen molar-refractivity contribution in [2.75, 3.05) is 13.1 Å². The van der Waals surface area contributed by atoms with E-state index in [0.29, 0.717) is 13.1 Å². The number of imidazole rings is 1. The summed E-state index contributed by atoms with van der Waals surface area (Å²) in [6.07, 6.45) is 4.84. The molecule has 34 heavy (non-hydrogen) atoms. The number of hydrogen-bond acceptors (Lipinski definition) is 4. The molecule has 3 aromatic rings. The van der Waals surface area contributed by atoms with Gasteiger partial charge in [0.25, 0.3) is 11.8 Å². The molecule has 0 unspecified atom stereocenters. The van der Waals surface area contributed by atoms with Crippen molar-refractivity contribution in [2.24, 2.45) is 0 Å². The van der Waals surface area contributed by atoms with Crippen LogP contribution in [-0.2, 0) is 0 Å². The molecule has 8 nitrogen and oxygen atoms in total. The molecular weight excluding hydrogens is 430 g/mol. The third-order valence-corrected chi connectivity index (χ3v) is 6.11. The van der Waals surface area contributed by atoms with Crippen molar-refractivity contribution in [3.8, 4) is 0 Å². The van der Waals surface area contributed by atoms with Crippen LogP contribution in [0, 0.1) is 0 Å². The van der Waals surface area contributed by atoms with Crippen molar-refractivity contribution < 1.29 is 9.59 Å². The zero-order valence-electron chi connectivity index (χ0n) is 20.5. The zero-order valence-corrected chi connectivity index (χ0v) is 20.5. The fourth-order valence-electron chi connectivity index (χ4n) is 4.34. The number of benzene rings is 1. The molecule has 1 aromatic carbocycles. The molecule has 4 rings (SSSR count). The van der Waals surface area contributed by atoms with Crippen molar-refractivity contribution in [1.29, 1.82) is 0 Å². The first-order valence-electron chi connectivity index (χ1n) is 11.9. The highest BCUT2D eigenvalue weighted by Gasteiger charge is 2.30. The summed E-state index contributed by atoms with van der Waals surface area (Å²) >= 11 is 0. The molecule has 0 bridgehead atoms. The molecule has 2 N–H and O–H groups in total. The van der Waals surface area contributed by atoms with Gasteiger partial charge in [0.2, 0.25) is 5.43 Å². The van der Waals surface area contributed by atoms with Gasteiger partial charge in [-0.05, 0) is 59.6 Å². The first-order valence-corrected chi connectivity index (χ1v) is 11.9. The number of carbonyl (C=O) groups excluding carboxylic acids is 2. The maximum Gasteiger partial charge on any atom is 0.259 e. The molecule has 1 aliphatic heterocycles. The van der Waals surface area contributed by atoms with E-state index in [0.717, 1.165) is 29.7 Å². The Bertz CT molecular complexity index is 1250. The highest BCUT2D eigenvalue weighted by atomic mass is 16.2. The Balaban J connectivity index is 1.64. The number of aromatic nitrogens is 3. The van der Waals surface area contributed by atoms with E-state index in [1.807, 2.05) is 58.9 Å². The maximum absolute atomic E-state index is 13.6. The van der Waals surface area contributed by atoms with Crippen molar-refractivity contribution in [1.82, 2.24) is 24.8 Å². The predicted molar refractivity (Wildman–Crippen MR) is 132 cm³/mol. The highest BCUT2D eigenvalue weighted by molar-refractivity contribution is 5.99. The molecule has 0 aliphatic carbocycles. The topological polar surface area (TPSA) is 100 Å². The summed E-state index contributed by atoms with van der Waals surface area (Å²) in [6, 6.07) is 7.84. The monoisotopic (exact) mass is 463 g/mol. The second kappa shape index (κ2) is 9.08. The summed E-state index contributed by atoms with van der Waals surface area (Å²) in [5, 5.41) is 2.84. The Morgan fingerprint density at radius 2 is 1.85 bits per heavy atom. The molecule has 0 saturated carbocycles. The van der Waals surface area contributed by atoms with Crippen LogP contribution in [-0.4, -0.2) is 49.9 Å². The van der Waals surface area contributed by atoms with Gasteiger partial charge in [-0.3, -0.25) is 14.4 Å². The van der Waals surface area contributed by atoms with Crippen LogP contribution in [0.25, 0.3) is 11.0 Å². The van der Waals surface area contributed by atoms with Gasteiger partial charge in [-0.15, -0.1) is 0 Å². The average Bonchev–Trinajstić information content (AvgIpc) is 3.22. The Kier molecular flexibility index (Phi) is 6.34. The fraction of sp³-hybridized carbons (Fsp3) is 0.462. The van der Waals surface area contributed by atoms with E-state index in [4.69, 9.17) is 4.98 Å². The molecule has 2 aromatic heterocycles. The molecule has 1 fully saturated rings. The fourth-order valence-corrected chi connectivity index (χ4v) is 4.34. The minimum absolute atomic E-state index is 0.0136. The molecule has 3 heterocycles. The van der Waals surface area contributed by atoms with Gasteiger partial charge in [-0.25, -0.2) is 4.98 Å². The van der Waals surface area contributed by atoms with E-state index in [2.05, 4.69) is 10.3 Å². The van der Waals surface area contributed by atoms with Crippen molar-refractivity contribution in [3.05, 3.63) is 63.8 Å². The molecule has 0 radical (unpaired) electrons. The predicted octanol–water partition coefficient (Wildman–Crippen LogP) is 3.85. The van der Waals surface area contributed by atoms with Crippen LogP contribution >= 0.6 is 0 Å². The summed E-state index contributed by atoms with van der Waals surface area (Å²) in [6.45, 7) is 10.5. The summed E-state index contributed by atoms with van der Waals surface area (Å²) in [5.41, 5.74) is 0.853. The van der Waals surface area contributed by atoms with E-state index in [1.54, 1.807) is 15.7 Å². The molecule has 1 aliphatic rings. The number of H-pyrrole nitrogens is 1. The number of piperidine rings is 1. The standard InChI is InChI=1S/C26H33N5O3/c1-16(2)31-14-18(24(33)29-26(3,4)5)22(32)19(15-31)25(34)30-12-8-9-17(13-30)23-27-20-10-6-7-11-21(20)28-23/h6-7,10-11,14-17H,8-9,12-13H2,1-5H3,(H,27,28)(H,29,33)/t17-/m0/s1. The van der Waals surface area contributed by atoms with Gasteiger partial charge in [0.1, 0.15) is 17.0 Å². The smallest absolute Gasteiger partial charge is 0.259 e. The minimum atomic E-state index is -0.533. The van der Waals surface area contributed by atoms with Crippen LogP contribution in [0.2, 0.25) is 0 Å². The van der Waals surface area contributed by atoms with Crippen molar-refractivity contribution in [3.63, 3.8) is 0 Å². The van der Waals surface area contributed by atoms with Gasteiger partial charge in [0.05, 0.1) is 11.0 Å². The number of pyridine rings is 1. The van der Waals surface area contributed by atoms with E-state index in [-0.39, 0.29) is 29.0 Å². The maximum atomic E-state index is 13.6. The quantitative estimate of drug-likeness (QED) is 0.614. The first-order chi connectivity index (χ1) is 16.0. The molecule has 2 amide bonds. The van der Waals surface area contributed by atoms with E-state index < -0.39 is 16.9 Å². The number of nitrogens with zero attached hydrogens (tertiary/aromatic N) is 3. The molecule has 8 heteroatoms. The number of amides is 2. The van der Waals surface area contributed by atoms with Crippen LogP contribution in [0.1, 0.15) is 86.0 Å². The number of hydrogen-bond donors (Lipinski definition) is 2. The summed E-state index contributed by atoms with van der Waals surface area (Å²) in [7, 11) is 0. The molecule has 180 valence electrons. The number of carbonyl (C=O) groups is 2. The van der Waals surface area contributed by atoms with Gasteiger partial charge in [-0.2, -0.15) is 0 Å². The molecule has 0 spiro atoms. The SMILES string of the molecule is CC(C)n1cc(C(=O)NC(C)(C)C)c(=O)c(C(=O)N2CCC[C@H](c3nc4ccccc4[nH]3)C2)c1. The minimum Gasteiger partial charge on any atom is -0.350 e. The normalized spacial score (nSPS) is 16.8. The summed E-state index contributed by atoms with van der Waals surface area (Å²) in [4.78, 5) is 49.5. The average molecular weight is 464 g/mol. The van der Waals surface area contributed by atoms with Gasteiger partial charge in [0, 0.05) is 43.0 Å². The summed E-state index contributed by atoms with van der Waals surface area (Å²) in [5.74, 6) is 0.104.